The van der Waals surface area contributed by atoms with Gasteiger partial charge in [-0.2, -0.15) is 17.0 Å². The van der Waals surface area contributed by atoms with Crippen LogP contribution in [0.4, 0.5) is 17.3 Å². The number of hydrogen-bond acceptors (Lipinski definition) is 11. The maximum Gasteiger partial charge on any atom is 0.207 e. The summed E-state index contributed by atoms with van der Waals surface area (Å²) in [5.41, 5.74) is 9.73. The molecule has 40 heavy (non-hydrogen) atoms. The number of methoxy groups -OCH3 is 2. The topological polar surface area (TPSA) is 150 Å². The first-order chi connectivity index (χ1) is 19.2. The van der Waals surface area contributed by atoms with Crippen molar-refractivity contribution < 1.29 is 14.3 Å². The van der Waals surface area contributed by atoms with Crippen molar-refractivity contribution >= 4 is 35.5 Å². The molecular formula is C28H44N8O3S. The lowest BCUT2D eigenvalue weighted by atomic mass is 10.0. The van der Waals surface area contributed by atoms with Crippen LogP contribution >= 0.6 is 11.8 Å². The van der Waals surface area contributed by atoms with Gasteiger partial charge < -0.3 is 36.1 Å². The molecule has 0 saturated heterocycles. The Balaban J connectivity index is 2.44. The lowest BCUT2D eigenvalue weighted by Crippen LogP contribution is -2.30. The van der Waals surface area contributed by atoms with E-state index in [-0.39, 0.29) is 4.75 Å². The number of nitrogens with one attached hydrogen (secondary N) is 3. The first-order valence-corrected chi connectivity index (χ1v) is 14.5. The average molecular weight is 573 g/mol. The summed E-state index contributed by atoms with van der Waals surface area (Å²) in [7, 11) is 5.18. The van der Waals surface area contributed by atoms with Crippen LogP contribution in [0, 0.1) is 11.3 Å². The highest BCUT2D eigenvalue weighted by Crippen LogP contribution is 2.30. The van der Waals surface area contributed by atoms with E-state index >= 15 is 0 Å². The predicted octanol–water partition coefficient (Wildman–Crippen LogP) is 3.05. The van der Waals surface area contributed by atoms with Gasteiger partial charge in [0.1, 0.15) is 23.4 Å². The van der Waals surface area contributed by atoms with Crippen LogP contribution in [-0.4, -0.2) is 86.3 Å². The third kappa shape index (κ3) is 10.2. The highest BCUT2D eigenvalue weighted by Gasteiger charge is 2.21. The Morgan fingerprint density at radius 2 is 1.98 bits per heavy atom. The zero-order valence-corrected chi connectivity index (χ0v) is 25.4. The monoisotopic (exact) mass is 572 g/mol. The third-order valence-corrected chi connectivity index (χ3v) is 7.78. The van der Waals surface area contributed by atoms with Gasteiger partial charge in [0.25, 0.3) is 0 Å². The molecule has 0 spiro atoms. The third-order valence-electron chi connectivity index (χ3n) is 6.53. The van der Waals surface area contributed by atoms with E-state index in [1.165, 1.54) is 0 Å². The van der Waals surface area contributed by atoms with E-state index in [4.69, 9.17) is 20.2 Å². The molecule has 0 aliphatic heterocycles. The van der Waals surface area contributed by atoms with Gasteiger partial charge in [-0.25, -0.2) is 9.97 Å². The van der Waals surface area contributed by atoms with E-state index in [0.717, 1.165) is 37.1 Å². The van der Waals surface area contributed by atoms with Gasteiger partial charge >= 0.3 is 0 Å². The Morgan fingerprint density at radius 3 is 2.60 bits per heavy atom. The van der Waals surface area contributed by atoms with Crippen LogP contribution in [0.1, 0.15) is 48.9 Å². The van der Waals surface area contributed by atoms with E-state index in [1.807, 2.05) is 13.1 Å². The summed E-state index contributed by atoms with van der Waals surface area (Å²) in [6, 6.07) is 6.19. The van der Waals surface area contributed by atoms with Crippen molar-refractivity contribution in [2.45, 2.75) is 44.1 Å². The summed E-state index contributed by atoms with van der Waals surface area (Å²) in [6.45, 7) is 7.61. The molecule has 0 bridgehead atoms. The minimum atomic E-state index is -0.652. The molecule has 2 aromatic heterocycles. The van der Waals surface area contributed by atoms with Crippen LogP contribution in [-0.2, 0) is 27.1 Å². The number of carbonyl (C=O) groups excluding carboxylic acids is 1. The first kappa shape index (κ1) is 33.3. The fraction of sp³-hybridized carbons (Fsp3) is 0.571. The number of nitriles is 1. The lowest BCUT2D eigenvalue weighted by molar-refractivity contribution is -0.109. The van der Waals surface area contributed by atoms with Crippen LogP contribution in [0.5, 0.6) is 0 Å². The molecule has 5 N–H and O–H groups in total. The molecule has 0 aliphatic carbocycles. The van der Waals surface area contributed by atoms with Crippen LogP contribution in [0.15, 0.2) is 18.3 Å². The van der Waals surface area contributed by atoms with Crippen molar-refractivity contribution in [3.05, 3.63) is 40.7 Å². The number of aryl methyl sites for hydroxylation is 1. The number of ether oxygens (including phenoxy) is 2. The van der Waals surface area contributed by atoms with Gasteiger partial charge in [0.2, 0.25) is 12.7 Å². The van der Waals surface area contributed by atoms with Gasteiger partial charge in [0.15, 0.2) is 0 Å². The molecule has 0 radical (unpaired) electrons. The molecule has 220 valence electrons. The van der Waals surface area contributed by atoms with Gasteiger partial charge in [-0.1, -0.05) is 6.07 Å². The molecule has 0 unspecified atom stereocenters. The largest absolute Gasteiger partial charge is 0.382 e. The van der Waals surface area contributed by atoms with E-state index in [1.54, 1.807) is 32.2 Å². The molecule has 0 atom stereocenters. The summed E-state index contributed by atoms with van der Waals surface area (Å²) >= 11 is 1.76. The molecule has 12 heteroatoms. The highest BCUT2D eigenvalue weighted by atomic mass is 32.2. The minimum Gasteiger partial charge on any atom is -0.382 e. The van der Waals surface area contributed by atoms with Crippen molar-refractivity contribution in [2.24, 2.45) is 5.73 Å². The number of nitrogens with zero attached hydrogens (tertiary/aromatic N) is 4. The zero-order chi connectivity index (χ0) is 29.5. The fourth-order valence-electron chi connectivity index (χ4n) is 3.93. The normalized spacial score (nSPS) is 11.5. The van der Waals surface area contributed by atoms with Crippen LogP contribution in [0.3, 0.4) is 0 Å². The second-order valence-corrected chi connectivity index (χ2v) is 11.5. The van der Waals surface area contributed by atoms with Crippen molar-refractivity contribution in [3.63, 3.8) is 0 Å². The molecule has 0 aromatic carbocycles. The second-order valence-electron chi connectivity index (χ2n) is 10.0. The van der Waals surface area contributed by atoms with Crippen LogP contribution < -0.4 is 21.7 Å². The van der Waals surface area contributed by atoms with Crippen molar-refractivity contribution in [1.29, 1.82) is 5.26 Å². The molecule has 11 nitrogen and oxygen atoms in total. The van der Waals surface area contributed by atoms with Crippen LogP contribution in [0.2, 0.25) is 0 Å². The van der Waals surface area contributed by atoms with Crippen molar-refractivity contribution in [2.75, 3.05) is 70.9 Å². The van der Waals surface area contributed by atoms with Crippen LogP contribution in [0.25, 0.3) is 0 Å². The maximum absolute atomic E-state index is 10.6. The lowest BCUT2D eigenvalue weighted by Gasteiger charge is -2.24. The summed E-state index contributed by atoms with van der Waals surface area (Å²) in [6.07, 6.45) is 5.93. The molecule has 0 saturated carbocycles. The average Bonchev–Trinajstić information content (AvgIpc) is 2.95. The summed E-state index contributed by atoms with van der Waals surface area (Å²) in [5.74, 6) is 1.21. The highest BCUT2D eigenvalue weighted by molar-refractivity contribution is 7.99. The molecule has 2 rings (SSSR count). The van der Waals surface area contributed by atoms with Crippen molar-refractivity contribution in [3.8, 4) is 6.07 Å². The SMILES string of the molecule is COC(OC)c1nc(Nc2cc(NCC(C)(C)SC)c(C#N)cn2)c(CCCN)cc1CCN(C)CCNC=O. The van der Waals surface area contributed by atoms with Gasteiger partial charge in [0.05, 0.1) is 11.3 Å². The smallest absolute Gasteiger partial charge is 0.207 e. The summed E-state index contributed by atoms with van der Waals surface area (Å²) in [5, 5.41) is 19.1. The Morgan fingerprint density at radius 1 is 1.23 bits per heavy atom. The molecule has 0 aliphatic rings. The van der Waals surface area contributed by atoms with Gasteiger partial charge in [-0.3, -0.25) is 4.79 Å². The predicted molar refractivity (Wildman–Crippen MR) is 162 cm³/mol. The Labute approximate surface area is 242 Å². The molecule has 2 heterocycles. The van der Waals surface area contributed by atoms with E-state index in [0.29, 0.717) is 61.0 Å². The van der Waals surface area contributed by atoms with Gasteiger partial charge in [-0.15, -0.1) is 0 Å². The van der Waals surface area contributed by atoms with E-state index in [9.17, 15) is 10.1 Å². The molecule has 2 aromatic rings. The Bertz CT molecular complexity index is 1120. The maximum atomic E-state index is 10.6. The van der Waals surface area contributed by atoms with Crippen molar-refractivity contribution in [1.82, 2.24) is 20.2 Å². The quantitative estimate of drug-likeness (QED) is 0.112. The number of likely N-dealkylation sites (N-methyl/N-ethyl adjacent to an activating group) is 1. The molecule has 1 amide bonds. The number of thioether (sulfide) groups is 1. The Kier molecular flexibility index (Phi) is 14.1. The van der Waals surface area contributed by atoms with E-state index in [2.05, 4.69) is 58.1 Å². The standard InChI is InChI=1S/C28H44N8O3S/c1-28(2,40-6)18-33-23-15-24(32-17-22(23)16-30)34-26-21(8-7-10-29)14-20(25(35-26)27(38-4)39-5)9-12-36(3)13-11-31-19-37/h14-15,17,19,27H,7-13,18,29H2,1-6H3,(H,31,37)(H2,32,33,34,35). The number of anilines is 3. The molecular weight excluding hydrogens is 528 g/mol. The van der Waals surface area contributed by atoms with Gasteiger partial charge in [-0.05, 0) is 64.1 Å². The fourth-order valence-corrected chi connectivity index (χ4v) is 4.15. The Hall–Kier alpha value is -2.95. The van der Waals surface area contributed by atoms with E-state index < -0.39 is 6.29 Å². The number of hydrogen-bond donors (Lipinski definition) is 4. The number of nitrogens with two attached hydrogens (primary N) is 1. The number of aromatic nitrogens is 2. The zero-order valence-electron chi connectivity index (χ0n) is 24.5. The summed E-state index contributed by atoms with van der Waals surface area (Å²) < 4.78 is 11.2. The summed E-state index contributed by atoms with van der Waals surface area (Å²) in [4.78, 5) is 22.2. The number of amides is 1. The number of pyridine rings is 2. The second kappa shape index (κ2) is 17.0. The number of carbonyl (C=O) groups is 1. The minimum absolute atomic E-state index is 0.000346. The first-order valence-electron chi connectivity index (χ1n) is 13.3. The molecule has 0 fully saturated rings. The van der Waals surface area contributed by atoms with Gasteiger partial charge in [0, 0.05) is 57.4 Å². The number of rotatable bonds is 19.